The molecular weight excluding hydrogens is 625 g/mol. The van der Waals surface area contributed by atoms with E-state index in [-0.39, 0.29) is 17.0 Å². The summed E-state index contributed by atoms with van der Waals surface area (Å²) in [5.74, 6) is 1.65. The Labute approximate surface area is 236 Å². The minimum absolute atomic E-state index is 0.379. The second kappa shape index (κ2) is 21.3. The van der Waals surface area contributed by atoms with Crippen molar-refractivity contribution in [2.24, 2.45) is 0 Å². The molecule has 0 aliphatic heterocycles. The predicted octanol–water partition coefficient (Wildman–Crippen LogP) is 3.93. The van der Waals surface area contributed by atoms with Crippen LogP contribution in [0, 0.1) is 0 Å². The van der Waals surface area contributed by atoms with E-state index in [0.29, 0.717) is 39.6 Å². The van der Waals surface area contributed by atoms with Gasteiger partial charge in [-0.25, -0.2) is 0 Å². The molecule has 4 atom stereocenters. The van der Waals surface area contributed by atoms with Gasteiger partial charge in [-0.05, 0) is 116 Å². The first kappa shape index (κ1) is 36.5. The minimum Gasteiger partial charge on any atom is -0.374 e. The molecule has 0 rings (SSSR count). The molecule has 206 valence electrons. The highest BCUT2D eigenvalue weighted by molar-refractivity contribution is 9.29. The summed E-state index contributed by atoms with van der Waals surface area (Å²) in [6, 6.07) is 1.50. The minimum atomic E-state index is -2.65. The second-order valence-electron chi connectivity index (χ2n) is 6.60. The first-order chi connectivity index (χ1) is 16.2. The maximum atomic E-state index is 5.94. The fourth-order valence-electron chi connectivity index (χ4n) is 3.08. The van der Waals surface area contributed by atoms with E-state index in [1.54, 1.807) is 0 Å². The van der Waals surface area contributed by atoms with E-state index in [1.165, 1.54) is 0 Å². The van der Waals surface area contributed by atoms with Crippen molar-refractivity contribution in [3.8, 4) is 0 Å². The van der Waals surface area contributed by atoms with Gasteiger partial charge in [0.05, 0.1) is 0 Å². The van der Waals surface area contributed by atoms with Crippen LogP contribution in [-0.4, -0.2) is 68.8 Å². The third kappa shape index (κ3) is 14.0. The van der Waals surface area contributed by atoms with E-state index in [9.17, 15) is 0 Å². The maximum absolute atomic E-state index is 5.94. The molecule has 16 heteroatoms. The van der Waals surface area contributed by atoms with Crippen molar-refractivity contribution in [2.75, 3.05) is 51.1 Å². The van der Waals surface area contributed by atoms with E-state index in [2.05, 4.69) is 0 Å². The molecule has 0 saturated carbocycles. The molecule has 0 saturated heterocycles. The van der Waals surface area contributed by atoms with Crippen LogP contribution in [0.4, 0.5) is 0 Å². The van der Waals surface area contributed by atoms with Crippen molar-refractivity contribution in [2.45, 2.75) is 66.5 Å². The van der Waals surface area contributed by atoms with Gasteiger partial charge in [0.2, 0.25) is 0 Å². The molecule has 0 aromatic rings. The van der Waals surface area contributed by atoms with Crippen LogP contribution in [0.25, 0.3) is 0 Å². The highest BCUT2D eigenvalue weighted by Crippen LogP contribution is 2.21. The SMILES string of the molecule is CCO[Si](CCCS(=S)S(=S)S(=S)S(=S)CCC[Si](OCC)(OCC)OCC)(OCC)OCC. The molecule has 0 spiro atoms. The first-order valence-electron chi connectivity index (χ1n) is 11.7. The molecule has 34 heavy (non-hydrogen) atoms. The van der Waals surface area contributed by atoms with Crippen molar-refractivity contribution in [3.05, 3.63) is 0 Å². The zero-order valence-corrected chi connectivity index (χ0v) is 29.7. The second-order valence-corrected chi connectivity index (χ2v) is 30.8. The van der Waals surface area contributed by atoms with Gasteiger partial charge in [-0.2, -0.15) is 0 Å². The quantitative estimate of drug-likeness (QED) is 0.119. The predicted molar refractivity (Wildman–Crippen MR) is 169 cm³/mol. The van der Waals surface area contributed by atoms with Gasteiger partial charge in [-0.15, -0.1) is 0 Å². The van der Waals surface area contributed by atoms with E-state index < -0.39 is 32.6 Å². The fourth-order valence-corrected chi connectivity index (χ4v) is 31.8. The van der Waals surface area contributed by atoms with Gasteiger partial charge < -0.3 is 26.6 Å². The third-order valence-corrected chi connectivity index (χ3v) is 36.5. The van der Waals surface area contributed by atoms with E-state index in [1.807, 2.05) is 41.5 Å². The summed E-state index contributed by atoms with van der Waals surface area (Å²) < 4.78 is 35.6. The Morgan fingerprint density at radius 2 is 0.706 bits per heavy atom. The highest BCUT2D eigenvalue weighted by Gasteiger charge is 2.40. The lowest BCUT2D eigenvalue weighted by Gasteiger charge is -2.28. The van der Waals surface area contributed by atoms with Crippen molar-refractivity contribution < 1.29 is 26.6 Å². The van der Waals surface area contributed by atoms with E-state index in [0.717, 1.165) is 36.4 Å². The Kier molecular flexibility index (Phi) is 22.9. The smallest absolute Gasteiger partial charge is 0.374 e. The van der Waals surface area contributed by atoms with Crippen molar-refractivity contribution in [1.29, 1.82) is 0 Å². The molecule has 0 aliphatic rings. The number of rotatable bonds is 23. The fraction of sp³-hybridized carbons (Fsp3) is 1.00. The van der Waals surface area contributed by atoms with E-state index >= 15 is 0 Å². The van der Waals surface area contributed by atoms with Gasteiger partial charge in [-0.3, -0.25) is 0 Å². The Balaban J connectivity index is 4.82. The van der Waals surface area contributed by atoms with Crippen LogP contribution in [0.15, 0.2) is 0 Å². The van der Waals surface area contributed by atoms with Gasteiger partial charge in [0, 0.05) is 78.3 Å². The zero-order valence-electron chi connectivity index (χ0n) is 21.2. The summed E-state index contributed by atoms with van der Waals surface area (Å²) in [7, 11) is -7.01. The number of hydrogen-bond donors (Lipinski definition) is 0. The molecule has 0 aliphatic carbocycles. The van der Waals surface area contributed by atoms with Crippen LogP contribution in [0.5, 0.6) is 0 Å². The molecule has 4 unspecified atom stereocenters. The molecule has 0 aromatic heterocycles. The summed E-state index contributed by atoms with van der Waals surface area (Å²) in [5.41, 5.74) is 0. The van der Waals surface area contributed by atoms with Crippen LogP contribution in [-0.2, 0) is 103 Å². The first-order valence-corrected chi connectivity index (χ1v) is 26.0. The summed E-state index contributed by atoms with van der Waals surface area (Å²) in [5, 5.41) is 0. The summed E-state index contributed by atoms with van der Waals surface area (Å²) >= 11 is 23.2. The lowest BCUT2D eigenvalue weighted by Crippen LogP contribution is -2.46. The maximum Gasteiger partial charge on any atom is 0.500 e. The molecular formula is C18H42O6S8Si2. The molecule has 0 N–H and O–H groups in total. The molecule has 0 radical (unpaired) electrons. The lowest BCUT2D eigenvalue weighted by atomic mass is 10.6. The van der Waals surface area contributed by atoms with Crippen LogP contribution >= 0.6 is 0 Å². The molecule has 0 fully saturated rings. The van der Waals surface area contributed by atoms with Crippen molar-refractivity contribution in [1.82, 2.24) is 0 Å². The van der Waals surface area contributed by atoms with Crippen LogP contribution in [0.2, 0.25) is 12.1 Å². The van der Waals surface area contributed by atoms with Gasteiger partial charge in [0.25, 0.3) is 0 Å². The summed E-state index contributed by atoms with van der Waals surface area (Å²) in [6.07, 6.45) is 1.73. The lowest BCUT2D eigenvalue weighted by molar-refractivity contribution is 0.0704. The summed E-state index contributed by atoms with van der Waals surface area (Å²) in [4.78, 5) is 0. The molecule has 0 bridgehead atoms. The third-order valence-electron chi connectivity index (χ3n) is 4.19. The molecule has 6 nitrogen and oxygen atoms in total. The number of hydrogen-bond acceptors (Lipinski definition) is 10. The molecule has 0 amide bonds. The normalized spacial score (nSPS) is 16.3. The molecule has 0 aromatic carbocycles. The van der Waals surface area contributed by atoms with E-state index in [4.69, 9.17) is 71.3 Å². The summed E-state index contributed by atoms with van der Waals surface area (Å²) in [6.45, 7) is 15.3. The van der Waals surface area contributed by atoms with Gasteiger partial charge >= 0.3 is 17.6 Å². The molecule has 0 heterocycles. The zero-order chi connectivity index (χ0) is 26.0. The van der Waals surface area contributed by atoms with Crippen LogP contribution < -0.4 is 0 Å². The van der Waals surface area contributed by atoms with Crippen molar-refractivity contribution in [3.63, 3.8) is 0 Å². The van der Waals surface area contributed by atoms with Crippen molar-refractivity contribution >= 4 is 94.4 Å². The average Bonchev–Trinajstić information content (AvgIpc) is 2.79. The van der Waals surface area contributed by atoms with Gasteiger partial charge in [0.1, 0.15) is 0 Å². The van der Waals surface area contributed by atoms with Gasteiger partial charge in [0.15, 0.2) is 0 Å². The standard InChI is InChI=1S/C18H42O6S8Si2/c1-7-19-33(20-8-2,21-9-3)17-13-15-29(25)31(27)32(28)30(26)16-14-18-34(22-10-4,23-11-5)24-12-6/h7-18H2,1-6H3. The van der Waals surface area contributed by atoms with Crippen LogP contribution in [0.3, 0.4) is 0 Å². The monoisotopic (exact) mass is 666 g/mol. The topological polar surface area (TPSA) is 55.4 Å². The Morgan fingerprint density at radius 3 is 0.912 bits per heavy atom. The average molecular weight is 667 g/mol. The Morgan fingerprint density at radius 1 is 0.471 bits per heavy atom. The van der Waals surface area contributed by atoms with Crippen LogP contribution in [0.1, 0.15) is 54.4 Å². The Hall–Kier alpha value is 2.47. The highest BCUT2D eigenvalue weighted by atomic mass is 34.0. The van der Waals surface area contributed by atoms with Gasteiger partial charge in [-0.1, -0.05) is 0 Å². The largest absolute Gasteiger partial charge is 0.500 e. The Bertz CT molecular complexity index is 570.